The van der Waals surface area contributed by atoms with Crippen LogP contribution in [0.1, 0.15) is 58.1 Å². The van der Waals surface area contributed by atoms with Gasteiger partial charge in [-0.2, -0.15) is 0 Å². The summed E-state index contributed by atoms with van der Waals surface area (Å²) in [6, 6.07) is 0.928. The molecule has 1 aromatic rings. The fourth-order valence-electron chi connectivity index (χ4n) is 3.39. The summed E-state index contributed by atoms with van der Waals surface area (Å²) in [5.41, 5.74) is 6.47. The smallest absolute Gasteiger partial charge is 0.161 e. The van der Waals surface area contributed by atoms with E-state index in [2.05, 4.69) is 20.8 Å². The zero-order valence-electron chi connectivity index (χ0n) is 12.9. The molecule has 0 radical (unpaired) electrons. The van der Waals surface area contributed by atoms with Gasteiger partial charge in [0.25, 0.3) is 0 Å². The largest absolute Gasteiger partial charge is 0.324 e. The van der Waals surface area contributed by atoms with Gasteiger partial charge in [0.05, 0.1) is 0 Å². The van der Waals surface area contributed by atoms with Crippen LogP contribution in [0.3, 0.4) is 0 Å². The first-order valence-electron chi connectivity index (χ1n) is 7.60. The topological polar surface area (TPSA) is 26.0 Å². The monoisotopic (exact) mass is 299 g/mol. The average molecular weight is 299 g/mol. The highest BCUT2D eigenvalue weighted by atomic mass is 19.2. The second-order valence-electron chi connectivity index (χ2n) is 7.29. The predicted molar refractivity (Wildman–Crippen MR) is 78.1 cm³/mol. The van der Waals surface area contributed by atoms with Gasteiger partial charge in [0.15, 0.2) is 11.6 Å². The Morgan fingerprint density at radius 3 is 2.00 bits per heavy atom. The highest BCUT2D eigenvalue weighted by molar-refractivity contribution is 5.24. The Morgan fingerprint density at radius 1 is 0.952 bits per heavy atom. The molecule has 118 valence electrons. The fraction of sp³-hybridized carbons (Fsp3) is 0.647. The van der Waals surface area contributed by atoms with Crippen LogP contribution in [-0.4, -0.2) is 0 Å². The number of hydrogen-bond donors (Lipinski definition) is 1. The fourth-order valence-corrected chi connectivity index (χ4v) is 3.39. The first-order valence-corrected chi connectivity index (χ1v) is 7.60. The molecule has 1 aromatic carbocycles. The molecule has 1 fully saturated rings. The molecule has 1 nitrogen and oxygen atoms in total. The van der Waals surface area contributed by atoms with E-state index in [-0.39, 0.29) is 16.9 Å². The van der Waals surface area contributed by atoms with E-state index in [0.717, 1.165) is 31.7 Å². The Hall–Kier alpha value is -1.03. The van der Waals surface area contributed by atoms with Crippen molar-refractivity contribution in [2.45, 2.75) is 52.5 Å². The van der Waals surface area contributed by atoms with E-state index >= 15 is 0 Å². The molecule has 1 aliphatic rings. The summed E-state index contributed by atoms with van der Waals surface area (Å²) in [5, 5.41) is 0. The van der Waals surface area contributed by atoms with Crippen molar-refractivity contribution in [2.75, 3.05) is 0 Å². The summed E-state index contributed by atoms with van der Waals surface area (Å²) < 4.78 is 40.1. The van der Waals surface area contributed by atoms with E-state index in [9.17, 15) is 13.2 Å². The van der Waals surface area contributed by atoms with E-state index < -0.39 is 23.5 Å². The minimum absolute atomic E-state index is 0.0908. The normalized spacial score (nSPS) is 24.9. The van der Waals surface area contributed by atoms with Crippen LogP contribution < -0.4 is 5.73 Å². The van der Waals surface area contributed by atoms with Crippen molar-refractivity contribution in [3.8, 4) is 0 Å². The Balaban J connectivity index is 2.09. The molecule has 0 aromatic heterocycles. The summed E-state index contributed by atoms with van der Waals surface area (Å²) in [6.45, 7) is 6.69. The van der Waals surface area contributed by atoms with Gasteiger partial charge in [-0.25, -0.2) is 13.2 Å². The van der Waals surface area contributed by atoms with Gasteiger partial charge in [-0.3, -0.25) is 0 Å². The van der Waals surface area contributed by atoms with E-state index in [1.165, 1.54) is 0 Å². The van der Waals surface area contributed by atoms with Crippen LogP contribution in [0.15, 0.2) is 12.1 Å². The van der Waals surface area contributed by atoms with Crippen LogP contribution in [0.4, 0.5) is 13.2 Å². The van der Waals surface area contributed by atoms with E-state index in [1.54, 1.807) is 0 Å². The lowest BCUT2D eigenvalue weighted by Gasteiger charge is -2.38. The zero-order chi connectivity index (χ0) is 15.8. The number of rotatable bonds is 2. The Labute approximate surface area is 124 Å². The van der Waals surface area contributed by atoms with Crippen molar-refractivity contribution in [2.24, 2.45) is 23.0 Å². The van der Waals surface area contributed by atoms with E-state index in [0.29, 0.717) is 12.0 Å². The summed E-state index contributed by atoms with van der Waals surface area (Å²) in [5.74, 6) is -2.19. The maximum absolute atomic E-state index is 13.8. The van der Waals surface area contributed by atoms with Gasteiger partial charge in [0.1, 0.15) is 5.82 Å². The molecule has 2 rings (SSSR count). The van der Waals surface area contributed by atoms with Crippen molar-refractivity contribution >= 4 is 0 Å². The minimum atomic E-state index is -1.17. The van der Waals surface area contributed by atoms with Crippen LogP contribution in [0.5, 0.6) is 0 Å². The average Bonchev–Trinajstić information content (AvgIpc) is 2.41. The number of nitrogens with two attached hydrogens (primary N) is 1. The Bertz CT molecular complexity index is 499. The third kappa shape index (κ3) is 3.60. The standard InChI is InChI=1S/C17H24F3N/c1-17(2,3)11-6-4-10(5-7-11)16(21)12-8-14(19)15(20)9-13(12)18/h8-11,16H,4-7,21H2,1-3H3. The SMILES string of the molecule is CC(C)(C)C1CCC(C(N)c2cc(F)c(F)cc2F)CC1. The quantitative estimate of drug-likeness (QED) is 0.768. The van der Waals surface area contributed by atoms with Gasteiger partial charge >= 0.3 is 0 Å². The van der Waals surface area contributed by atoms with E-state index in [4.69, 9.17) is 5.73 Å². The summed E-state index contributed by atoms with van der Waals surface area (Å²) in [7, 11) is 0. The van der Waals surface area contributed by atoms with Gasteiger partial charge in [0.2, 0.25) is 0 Å². The molecule has 4 heteroatoms. The molecule has 0 saturated heterocycles. The lowest BCUT2D eigenvalue weighted by molar-refractivity contribution is 0.139. The molecule has 0 aliphatic heterocycles. The van der Waals surface area contributed by atoms with Crippen LogP contribution >= 0.6 is 0 Å². The number of halogens is 3. The lowest BCUT2D eigenvalue weighted by Crippen LogP contribution is -2.31. The molecular formula is C17H24F3N. The summed E-state index contributed by atoms with van der Waals surface area (Å²) >= 11 is 0. The van der Waals surface area contributed by atoms with Crippen LogP contribution in [0.25, 0.3) is 0 Å². The highest BCUT2D eigenvalue weighted by Gasteiger charge is 2.33. The first kappa shape index (κ1) is 16.3. The highest BCUT2D eigenvalue weighted by Crippen LogP contribution is 2.43. The van der Waals surface area contributed by atoms with Crippen molar-refractivity contribution in [3.05, 3.63) is 35.1 Å². The second-order valence-corrected chi connectivity index (χ2v) is 7.29. The van der Waals surface area contributed by atoms with Crippen LogP contribution in [0, 0.1) is 34.7 Å². The van der Waals surface area contributed by atoms with Crippen molar-refractivity contribution in [1.29, 1.82) is 0 Å². The van der Waals surface area contributed by atoms with Crippen LogP contribution in [0.2, 0.25) is 0 Å². The molecule has 2 N–H and O–H groups in total. The molecule has 0 bridgehead atoms. The molecule has 1 unspecified atom stereocenters. The third-order valence-corrected chi connectivity index (χ3v) is 4.90. The first-order chi connectivity index (χ1) is 9.70. The number of benzene rings is 1. The zero-order valence-corrected chi connectivity index (χ0v) is 12.9. The third-order valence-electron chi connectivity index (χ3n) is 4.90. The van der Waals surface area contributed by atoms with Crippen molar-refractivity contribution < 1.29 is 13.2 Å². The van der Waals surface area contributed by atoms with Gasteiger partial charge in [-0.05, 0) is 49.0 Å². The summed E-state index contributed by atoms with van der Waals surface area (Å²) in [6.07, 6.45) is 3.91. The molecule has 1 atom stereocenters. The summed E-state index contributed by atoms with van der Waals surface area (Å²) in [4.78, 5) is 0. The van der Waals surface area contributed by atoms with Crippen LogP contribution in [-0.2, 0) is 0 Å². The molecule has 0 heterocycles. The molecule has 0 amide bonds. The minimum Gasteiger partial charge on any atom is -0.324 e. The molecule has 0 spiro atoms. The molecule has 1 saturated carbocycles. The van der Waals surface area contributed by atoms with Gasteiger partial charge in [0, 0.05) is 17.7 Å². The maximum atomic E-state index is 13.8. The van der Waals surface area contributed by atoms with Crippen molar-refractivity contribution in [3.63, 3.8) is 0 Å². The van der Waals surface area contributed by atoms with Gasteiger partial charge in [-0.15, -0.1) is 0 Å². The van der Waals surface area contributed by atoms with Gasteiger partial charge in [-0.1, -0.05) is 20.8 Å². The van der Waals surface area contributed by atoms with Gasteiger partial charge < -0.3 is 5.73 Å². The second kappa shape index (κ2) is 5.99. The van der Waals surface area contributed by atoms with Crippen molar-refractivity contribution in [1.82, 2.24) is 0 Å². The molecular weight excluding hydrogens is 275 g/mol. The Kier molecular flexibility index (Phi) is 4.66. The molecule has 1 aliphatic carbocycles. The lowest BCUT2D eigenvalue weighted by atomic mass is 9.68. The maximum Gasteiger partial charge on any atom is 0.161 e. The number of hydrogen-bond acceptors (Lipinski definition) is 1. The Morgan fingerprint density at radius 2 is 1.48 bits per heavy atom. The molecule has 21 heavy (non-hydrogen) atoms. The predicted octanol–water partition coefficient (Wildman–Crippen LogP) is 4.96. The van der Waals surface area contributed by atoms with E-state index in [1.807, 2.05) is 0 Å².